The van der Waals surface area contributed by atoms with Gasteiger partial charge in [0, 0.05) is 18.0 Å². The van der Waals surface area contributed by atoms with Crippen LogP contribution in [0.2, 0.25) is 0 Å². The molecular formula is C17H30N2O2. The molecule has 2 amide bonds. The summed E-state index contributed by atoms with van der Waals surface area (Å²) in [6.07, 6.45) is 4.55. The fourth-order valence-electron chi connectivity index (χ4n) is 3.23. The highest BCUT2D eigenvalue weighted by Crippen LogP contribution is 2.35. The van der Waals surface area contributed by atoms with Gasteiger partial charge in [-0.25, -0.2) is 0 Å². The van der Waals surface area contributed by atoms with Crippen molar-refractivity contribution in [1.29, 1.82) is 0 Å². The third-order valence-corrected chi connectivity index (χ3v) is 4.36. The van der Waals surface area contributed by atoms with Crippen LogP contribution in [-0.2, 0) is 9.59 Å². The van der Waals surface area contributed by atoms with E-state index in [9.17, 15) is 9.59 Å². The third-order valence-electron chi connectivity index (χ3n) is 4.36. The topological polar surface area (TPSA) is 58.2 Å². The molecule has 2 N–H and O–H groups in total. The van der Waals surface area contributed by atoms with Gasteiger partial charge < -0.3 is 10.6 Å². The Balaban J connectivity index is 3.07. The summed E-state index contributed by atoms with van der Waals surface area (Å²) in [6, 6.07) is -0.120. The second kappa shape index (κ2) is 6.63. The number of rotatable bonds is 4. The minimum atomic E-state index is -0.354. The summed E-state index contributed by atoms with van der Waals surface area (Å²) in [5.41, 5.74) is -0.552. The Kier molecular flexibility index (Phi) is 5.60. The summed E-state index contributed by atoms with van der Waals surface area (Å²) >= 11 is 0. The van der Waals surface area contributed by atoms with Gasteiger partial charge in [-0.15, -0.1) is 6.58 Å². The maximum absolute atomic E-state index is 12.6. The molecule has 1 heterocycles. The molecule has 0 spiro atoms. The molecule has 0 aromatic heterocycles. The van der Waals surface area contributed by atoms with Gasteiger partial charge in [-0.3, -0.25) is 9.59 Å². The van der Waals surface area contributed by atoms with Crippen LogP contribution in [0, 0.1) is 11.3 Å². The quantitative estimate of drug-likeness (QED) is 0.783. The third kappa shape index (κ3) is 4.87. The molecule has 0 bridgehead atoms. The summed E-state index contributed by atoms with van der Waals surface area (Å²) in [4.78, 5) is 24.9. The average Bonchev–Trinajstić information content (AvgIpc) is 2.36. The number of carbonyl (C=O) groups is 2. The lowest BCUT2D eigenvalue weighted by Gasteiger charge is -2.33. The number of carbonyl (C=O) groups excluding carboxylic acids is 2. The van der Waals surface area contributed by atoms with Crippen molar-refractivity contribution in [2.24, 2.45) is 11.3 Å². The second-order valence-electron chi connectivity index (χ2n) is 7.48. The van der Waals surface area contributed by atoms with Gasteiger partial charge in [-0.1, -0.05) is 33.3 Å². The van der Waals surface area contributed by atoms with Gasteiger partial charge in [0.25, 0.3) is 0 Å². The predicted octanol–water partition coefficient (Wildman–Crippen LogP) is 2.79. The standard InChI is InChI=1S/C17H30N2O2/c1-7-9-16(3,4)13-10-14(20)19-17(5,6)11-12(8-2)18-15(13)21/h8,12-13H,2,7,9-11H2,1,3-6H3,(H,18,21)(H,19,20). The van der Waals surface area contributed by atoms with E-state index in [2.05, 4.69) is 38.0 Å². The van der Waals surface area contributed by atoms with E-state index in [4.69, 9.17) is 0 Å². The van der Waals surface area contributed by atoms with Crippen LogP contribution >= 0.6 is 0 Å². The lowest BCUT2D eigenvalue weighted by Crippen LogP contribution is -2.46. The first-order valence-electron chi connectivity index (χ1n) is 7.85. The van der Waals surface area contributed by atoms with Gasteiger partial charge in [-0.2, -0.15) is 0 Å². The van der Waals surface area contributed by atoms with E-state index in [1.54, 1.807) is 6.08 Å². The Morgan fingerprint density at radius 1 is 1.38 bits per heavy atom. The average molecular weight is 294 g/mol. The Morgan fingerprint density at radius 2 is 2.00 bits per heavy atom. The Morgan fingerprint density at radius 3 is 2.52 bits per heavy atom. The van der Waals surface area contributed by atoms with E-state index in [-0.39, 0.29) is 41.1 Å². The van der Waals surface area contributed by atoms with E-state index in [1.807, 2.05) is 13.8 Å². The molecule has 1 aliphatic rings. The molecule has 0 aromatic carbocycles. The highest BCUT2D eigenvalue weighted by Gasteiger charge is 2.39. The van der Waals surface area contributed by atoms with E-state index in [0.717, 1.165) is 12.8 Å². The van der Waals surface area contributed by atoms with Crippen molar-refractivity contribution < 1.29 is 9.59 Å². The lowest BCUT2D eigenvalue weighted by molar-refractivity contribution is -0.134. The Bertz CT molecular complexity index is 413. The maximum atomic E-state index is 12.6. The minimum Gasteiger partial charge on any atom is -0.351 e. The molecule has 1 rings (SSSR count). The monoisotopic (exact) mass is 294 g/mol. The van der Waals surface area contributed by atoms with Crippen molar-refractivity contribution >= 4 is 11.8 Å². The highest BCUT2D eigenvalue weighted by atomic mass is 16.2. The molecule has 4 heteroatoms. The zero-order valence-electron chi connectivity index (χ0n) is 14.1. The first kappa shape index (κ1) is 17.7. The first-order chi connectivity index (χ1) is 9.61. The first-order valence-corrected chi connectivity index (χ1v) is 7.85. The number of hydrogen-bond donors (Lipinski definition) is 2. The van der Waals surface area contributed by atoms with Gasteiger partial charge in [0.05, 0.1) is 5.92 Å². The normalized spacial score (nSPS) is 26.9. The van der Waals surface area contributed by atoms with Crippen LogP contribution in [-0.4, -0.2) is 23.4 Å². The molecule has 1 fully saturated rings. The smallest absolute Gasteiger partial charge is 0.224 e. The molecule has 120 valence electrons. The molecule has 2 atom stereocenters. The van der Waals surface area contributed by atoms with Crippen molar-refractivity contribution in [3.8, 4) is 0 Å². The van der Waals surface area contributed by atoms with Crippen LogP contribution in [0.5, 0.6) is 0 Å². The molecule has 21 heavy (non-hydrogen) atoms. The van der Waals surface area contributed by atoms with Crippen molar-refractivity contribution in [2.75, 3.05) is 0 Å². The fourth-order valence-corrected chi connectivity index (χ4v) is 3.23. The minimum absolute atomic E-state index is 0.0359. The van der Waals surface area contributed by atoms with Crippen LogP contribution < -0.4 is 10.6 Å². The van der Waals surface area contributed by atoms with E-state index in [1.165, 1.54) is 0 Å². The summed E-state index contributed by atoms with van der Waals surface area (Å²) in [6.45, 7) is 14.0. The summed E-state index contributed by atoms with van der Waals surface area (Å²) < 4.78 is 0. The van der Waals surface area contributed by atoms with Crippen LogP contribution in [0.1, 0.15) is 60.3 Å². The van der Waals surface area contributed by atoms with E-state index < -0.39 is 0 Å². The number of nitrogens with one attached hydrogen (secondary N) is 2. The number of hydrogen-bond acceptors (Lipinski definition) is 2. The molecule has 0 saturated carbocycles. The van der Waals surface area contributed by atoms with E-state index in [0.29, 0.717) is 6.42 Å². The van der Waals surface area contributed by atoms with Crippen molar-refractivity contribution in [2.45, 2.75) is 71.9 Å². The largest absolute Gasteiger partial charge is 0.351 e. The molecule has 1 aliphatic heterocycles. The van der Waals surface area contributed by atoms with Gasteiger partial charge in [-0.05, 0) is 32.1 Å². The molecular weight excluding hydrogens is 264 g/mol. The van der Waals surface area contributed by atoms with Gasteiger partial charge in [0.15, 0.2) is 0 Å². The van der Waals surface area contributed by atoms with Crippen molar-refractivity contribution in [3.63, 3.8) is 0 Å². The zero-order chi connectivity index (χ0) is 16.3. The molecule has 1 saturated heterocycles. The lowest BCUT2D eigenvalue weighted by atomic mass is 9.73. The van der Waals surface area contributed by atoms with Crippen LogP contribution in [0.15, 0.2) is 12.7 Å². The zero-order valence-corrected chi connectivity index (χ0v) is 14.1. The van der Waals surface area contributed by atoms with Gasteiger partial charge in [0.2, 0.25) is 11.8 Å². The highest BCUT2D eigenvalue weighted by molar-refractivity contribution is 5.87. The molecule has 4 nitrogen and oxygen atoms in total. The summed E-state index contributed by atoms with van der Waals surface area (Å²) in [5, 5.41) is 6.10. The van der Waals surface area contributed by atoms with E-state index >= 15 is 0 Å². The Hall–Kier alpha value is -1.32. The Labute approximate surface area is 128 Å². The SMILES string of the molecule is C=CC1CC(C)(C)NC(=O)CC(C(C)(C)CCC)C(=O)N1. The summed E-state index contributed by atoms with van der Waals surface area (Å²) in [7, 11) is 0. The van der Waals surface area contributed by atoms with Crippen molar-refractivity contribution in [3.05, 3.63) is 12.7 Å². The van der Waals surface area contributed by atoms with Crippen molar-refractivity contribution in [1.82, 2.24) is 10.6 Å². The molecule has 0 radical (unpaired) electrons. The second-order valence-corrected chi connectivity index (χ2v) is 7.48. The predicted molar refractivity (Wildman–Crippen MR) is 85.8 cm³/mol. The molecule has 0 aromatic rings. The van der Waals surface area contributed by atoms with Crippen LogP contribution in [0.25, 0.3) is 0 Å². The number of amides is 2. The summed E-state index contributed by atoms with van der Waals surface area (Å²) in [5.74, 6) is -0.394. The van der Waals surface area contributed by atoms with Crippen LogP contribution in [0.3, 0.4) is 0 Å². The maximum Gasteiger partial charge on any atom is 0.224 e. The molecule has 0 aliphatic carbocycles. The fraction of sp³-hybridized carbons (Fsp3) is 0.765. The molecule has 2 unspecified atom stereocenters. The van der Waals surface area contributed by atoms with Gasteiger partial charge in [0.1, 0.15) is 0 Å². The van der Waals surface area contributed by atoms with Crippen LogP contribution in [0.4, 0.5) is 0 Å². The van der Waals surface area contributed by atoms with Gasteiger partial charge >= 0.3 is 0 Å².